The molecule has 0 atom stereocenters. The number of hydrogen-bond acceptors (Lipinski definition) is 3. The standard InChI is InChI=1S/C17H15BrN2OS/c1-12-3-2-4-13(7-12)10-22-11-15-8-17(21)20-9-14(18)5-6-16(20)19-15/h2-9H,10-11H2,1H3. The monoisotopic (exact) mass is 374 g/mol. The van der Waals surface area contributed by atoms with E-state index in [1.165, 1.54) is 11.1 Å². The van der Waals surface area contributed by atoms with Gasteiger partial charge in [-0.25, -0.2) is 4.98 Å². The van der Waals surface area contributed by atoms with Crippen LogP contribution in [0.2, 0.25) is 0 Å². The number of halogens is 1. The third-order valence-corrected chi connectivity index (χ3v) is 4.78. The van der Waals surface area contributed by atoms with E-state index in [9.17, 15) is 4.79 Å². The van der Waals surface area contributed by atoms with E-state index in [0.29, 0.717) is 5.65 Å². The molecule has 2 aromatic heterocycles. The summed E-state index contributed by atoms with van der Waals surface area (Å²) in [5.74, 6) is 1.65. The molecular weight excluding hydrogens is 360 g/mol. The van der Waals surface area contributed by atoms with Crippen LogP contribution in [0, 0.1) is 6.92 Å². The van der Waals surface area contributed by atoms with Crippen molar-refractivity contribution in [3.05, 3.63) is 80.3 Å². The number of rotatable bonds is 4. The molecule has 22 heavy (non-hydrogen) atoms. The number of thioether (sulfide) groups is 1. The van der Waals surface area contributed by atoms with E-state index in [1.54, 1.807) is 28.4 Å². The predicted molar refractivity (Wildman–Crippen MR) is 95.3 cm³/mol. The van der Waals surface area contributed by atoms with Crippen LogP contribution in [-0.4, -0.2) is 9.38 Å². The molecule has 3 aromatic rings. The molecule has 0 amide bonds. The molecule has 1 aromatic carbocycles. The molecule has 0 N–H and O–H groups in total. The highest BCUT2D eigenvalue weighted by molar-refractivity contribution is 9.10. The number of hydrogen-bond donors (Lipinski definition) is 0. The number of pyridine rings is 1. The number of aromatic nitrogens is 2. The van der Waals surface area contributed by atoms with Gasteiger partial charge in [0.15, 0.2) is 0 Å². The Kier molecular flexibility index (Phi) is 4.64. The average Bonchev–Trinajstić information content (AvgIpc) is 2.48. The van der Waals surface area contributed by atoms with Crippen LogP contribution in [-0.2, 0) is 11.5 Å². The van der Waals surface area contributed by atoms with Gasteiger partial charge in [-0.15, -0.1) is 0 Å². The van der Waals surface area contributed by atoms with Crippen molar-refractivity contribution >= 4 is 33.3 Å². The minimum absolute atomic E-state index is 0.0440. The first-order chi connectivity index (χ1) is 10.6. The molecule has 0 fully saturated rings. The maximum atomic E-state index is 12.1. The third kappa shape index (κ3) is 3.59. The van der Waals surface area contributed by atoms with Crippen LogP contribution >= 0.6 is 27.7 Å². The van der Waals surface area contributed by atoms with Gasteiger partial charge in [0.05, 0.1) is 5.69 Å². The lowest BCUT2D eigenvalue weighted by atomic mass is 10.2. The van der Waals surface area contributed by atoms with E-state index in [0.717, 1.165) is 21.7 Å². The van der Waals surface area contributed by atoms with Gasteiger partial charge in [-0.1, -0.05) is 29.8 Å². The first kappa shape index (κ1) is 15.3. The van der Waals surface area contributed by atoms with Crippen LogP contribution in [0.1, 0.15) is 16.8 Å². The molecule has 0 aliphatic heterocycles. The van der Waals surface area contributed by atoms with Gasteiger partial charge in [0.2, 0.25) is 0 Å². The molecule has 0 bridgehead atoms. The fourth-order valence-electron chi connectivity index (χ4n) is 2.28. The van der Waals surface area contributed by atoms with E-state index in [4.69, 9.17) is 0 Å². The topological polar surface area (TPSA) is 34.4 Å². The fraction of sp³-hybridized carbons (Fsp3) is 0.176. The molecule has 3 rings (SSSR count). The quantitative estimate of drug-likeness (QED) is 0.686. The lowest BCUT2D eigenvalue weighted by Crippen LogP contribution is -2.15. The maximum absolute atomic E-state index is 12.1. The van der Waals surface area contributed by atoms with Crippen molar-refractivity contribution in [1.29, 1.82) is 0 Å². The van der Waals surface area contributed by atoms with Crippen LogP contribution < -0.4 is 5.56 Å². The van der Waals surface area contributed by atoms with Gasteiger partial charge < -0.3 is 0 Å². The molecule has 0 aliphatic rings. The molecular formula is C17H15BrN2OS. The van der Waals surface area contributed by atoms with E-state index < -0.39 is 0 Å². The highest BCUT2D eigenvalue weighted by Gasteiger charge is 2.03. The SMILES string of the molecule is Cc1cccc(CSCc2cc(=O)n3cc(Br)ccc3n2)c1. The normalized spacial score (nSPS) is 11.0. The second-order valence-electron chi connectivity index (χ2n) is 5.14. The van der Waals surface area contributed by atoms with Crippen molar-refractivity contribution in [2.45, 2.75) is 18.4 Å². The summed E-state index contributed by atoms with van der Waals surface area (Å²) >= 11 is 5.14. The van der Waals surface area contributed by atoms with E-state index >= 15 is 0 Å². The summed E-state index contributed by atoms with van der Waals surface area (Å²) in [6.45, 7) is 2.10. The van der Waals surface area contributed by atoms with Crippen LogP contribution in [0.25, 0.3) is 5.65 Å². The molecule has 0 aliphatic carbocycles. The highest BCUT2D eigenvalue weighted by Crippen LogP contribution is 2.18. The minimum atomic E-state index is -0.0440. The fourth-order valence-corrected chi connectivity index (χ4v) is 3.49. The Morgan fingerprint density at radius 1 is 1.18 bits per heavy atom. The van der Waals surface area contributed by atoms with Crippen LogP contribution in [0.3, 0.4) is 0 Å². The van der Waals surface area contributed by atoms with E-state index in [1.807, 2.05) is 12.1 Å². The zero-order valence-electron chi connectivity index (χ0n) is 12.1. The molecule has 3 nitrogen and oxygen atoms in total. The van der Waals surface area contributed by atoms with Gasteiger partial charge in [0.25, 0.3) is 5.56 Å². The first-order valence-corrected chi connectivity index (χ1v) is 8.88. The van der Waals surface area contributed by atoms with Gasteiger partial charge in [0.1, 0.15) is 5.65 Å². The van der Waals surface area contributed by atoms with E-state index in [2.05, 4.69) is 52.1 Å². The highest BCUT2D eigenvalue weighted by atomic mass is 79.9. The Balaban J connectivity index is 1.74. The van der Waals surface area contributed by atoms with Gasteiger partial charge in [-0.05, 0) is 40.5 Å². The molecule has 0 saturated carbocycles. The molecule has 2 heterocycles. The maximum Gasteiger partial charge on any atom is 0.258 e. The largest absolute Gasteiger partial charge is 0.269 e. The van der Waals surface area contributed by atoms with Crippen LogP contribution in [0.4, 0.5) is 0 Å². The van der Waals surface area contributed by atoms with Gasteiger partial charge in [-0.3, -0.25) is 9.20 Å². The Bertz CT molecular complexity index is 876. The second-order valence-corrected chi connectivity index (χ2v) is 7.04. The number of aryl methyl sites for hydroxylation is 1. The molecule has 0 unspecified atom stereocenters. The van der Waals surface area contributed by atoms with Gasteiger partial charge in [0, 0.05) is 28.2 Å². The third-order valence-electron chi connectivity index (χ3n) is 3.28. The summed E-state index contributed by atoms with van der Waals surface area (Å²) in [5, 5.41) is 0. The van der Waals surface area contributed by atoms with Gasteiger partial charge in [-0.2, -0.15) is 11.8 Å². The summed E-state index contributed by atoms with van der Waals surface area (Å²) in [5.41, 5.74) is 4.03. The van der Waals surface area contributed by atoms with Crippen molar-refractivity contribution in [3.63, 3.8) is 0 Å². The number of benzene rings is 1. The smallest absolute Gasteiger partial charge is 0.258 e. The molecule has 0 radical (unpaired) electrons. The summed E-state index contributed by atoms with van der Waals surface area (Å²) < 4.78 is 2.42. The Morgan fingerprint density at radius 2 is 2.05 bits per heavy atom. The Morgan fingerprint density at radius 3 is 2.86 bits per heavy atom. The predicted octanol–water partition coefficient (Wildman–Crippen LogP) is 4.20. The van der Waals surface area contributed by atoms with Crippen molar-refractivity contribution in [2.24, 2.45) is 0 Å². The van der Waals surface area contributed by atoms with Crippen molar-refractivity contribution in [2.75, 3.05) is 0 Å². The molecule has 112 valence electrons. The van der Waals surface area contributed by atoms with E-state index in [-0.39, 0.29) is 5.56 Å². The van der Waals surface area contributed by atoms with Gasteiger partial charge >= 0.3 is 0 Å². The summed E-state index contributed by atoms with van der Waals surface area (Å²) in [6, 6.07) is 13.8. The zero-order chi connectivity index (χ0) is 15.5. The average molecular weight is 375 g/mol. The minimum Gasteiger partial charge on any atom is -0.269 e. The lowest BCUT2D eigenvalue weighted by molar-refractivity contribution is 1.01. The summed E-state index contributed by atoms with van der Waals surface area (Å²) in [6.07, 6.45) is 1.74. The van der Waals surface area contributed by atoms with Crippen molar-refractivity contribution in [3.8, 4) is 0 Å². The summed E-state index contributed by atoms with van der Waals surface area (Å²) in [7, 11) is 0. The molecule has 5 heteroatoms. The Labute approximate surface area is 141 Å². The molecule has 0 saturated heterocycles. The number of fused-ring (bicyclic) bond motifs is 1. The number of nitrogens with zero attached hydrogens (tertiary/aromatic N) is 2. The van der Waals surface area contributed by atoms with Crippen molar-refractivity contribution < 1.29 is 0 Å². The van der Waals surface area contributed by atoms with Crippen LogP contribution in [0.5, 0.6) is 0 Å². The summed E-state index contributed by atoms with van der Waals surface area (Å²) in [4.78, 5) is 16.7. The lowest BCUT2D eigenvalue weighted by Gasteiger charge is -2.05. The Hall–Kier alpha value is -1.59. The second kappa shape index (κ2) is 6.67. The first-order valence-electron chi connectivity index (χ1n) is 6.93. The zero-order valence-corrected chi connectivity index (χ0v) is 14.5. The molecule has 0 spiro atoms. The van der Waals surface area contributed by atoms with Crippen LogP contribution in [0.15, 0.2) is 57.9 Å². The van der Waals surface area contributed by atoms with Crippen molar-refractivity contribution in [1.82, 2.24) is 9.38 Å².